The summed E-state index contributed by atoms with van der Waals surface area (Å²) in [5, 5.41) is 2.85. The molecule has 3 nitrogen and oxygen atoms in total. The average molecular weight is 253 g/mol. The van der Waals surface area contributed by atoms with Gasteiger partial charge in [0.15, 0.2) is 9.84 Å². The van der Waals surface area contributed by atoms with Crippen LogP contribution in [0.1, 0.15) is 30.5 Å². The van der Waals surface area contributed by atoms with E-state index < -0.39 is 9.84 Å². The van der Waals surface area contributed by atoms with Crippen LogP contribution in [-0.2, 0) is 16.3 Å². The summed E-state index contributed by atoms with van der Waals surface area (Å²) in [4.78, 5) is 0. The molecule has 0 heterocycles. The van der Waals surface area contributed by atoms with E-state index >= 15 is 0 Å². The molecule has 1 aliphatic rings. The second-order valence-corrected chi connectivity index (χ2v) is 6.91. The highest BCUT2D eigenvalue weighted by molar-refractivity contribution is 7.92. The van der Waals surface area contributed by atoms with Gasteiger partial charge >= 0.3 is 0 Å². The third kappa shape index (κ3) is 2.24. The number of benzene rings is 1. The molecule has 17 heavy (non-hydrogen) atoms. The summed E-state index contributed by atoms with van der Waals surface area (Å²) in [6.45, 7) is 1.91. The highest BCUT2D eigenvalue weighted by Gasteiger charge is 2.39. The minimum atomic E-state index is -3.00. The zero-order valence-electron chi connectivity index (χ0n) is 10.3. The van der Waals surface area contributed by atoms with Crippen molar-refractivity contribution in [2.45, 2.75) is 31.1 Å². The van der Waals surface area contributed by atoms with Crippen LogP contribution in [0.2, 0.25) is 0 Å². The Bertz CT molecular complexity index is 496. The Morgan fingerprint density at radius 1 is 1.35 bits per heavy atom. The van der Waals surface area contributed by atoms with Crippen molar-refractivity contribution in [3.05, 3.63) is 35.4 Å². The summed E-state index contributed by atoms with van der Waals surface area (Å²) in [6.07, 6.45) is 1.33. The molecule has 0 saturated carbocycles. The number of sulfone groups is 1. The van der Waals surface area contributed by atoms with Crippen molar-refractivity contribution in [3.8, 4) is 0 Å². The molecule has 2 rings (SSSR count). The summed E-state index contributed by atoms with van der Waals surface area (Å²) in [6, 6.07) is 7.94. The van der Waals surface area contributed by atoms with E-state index in [1.54, 1.807) is 0 Å². The molecular formula is C13H19NO2S. The van der Waals surface area contributed by atoms with Gasteiger partial charge in [0, 0.05) is 6.04 Å². The highest BCUT2D eigenvalue weighted by atomic mass is 32.2. The van der Waals surface area contributed by atoms with E-state index in [9.17, 15) is 8.42 Å². The molecule has 2 atom stereocenters. The van der Waals surface area contributed by atoms with E-state index in [2.05, 4.69) is 5.32 Å². The zero-order chi connectivity index (χ0) is 12.5. The van der Waals surface area contributed by atoms with Crippen LogP contribution in [0, 0.1) is 0 Å². The number of hydrogen-bond donors (Lipinski definition) is 1. The summed E-state index contributed by atoms with van der Waals surface area (Å²) < 4.78 is 24.5. The minimum Gasteiger partial charge on any atom is -0.312 e. The van der Waals surface area contributed by atoms with Gasteiger partial charge in [-0.1, -0.05) is 31.2 Å². The molecule has 0 saturated heterocycles. The first-order chi connectivity index (χ1) is 8.10. The molecule has 4 heteroatoms. The lowest BCUT2D eigenvalue weighted by atomic mass is 10.1. The Morgan fingerprint density at radius 3 is 2.71 bits per heavy atom. The topological polar surface area (TPSA) is 46.2 Å². The molecule has 1 aromatic rings. The molecule has 0 aromatic heterocycles. The van der Waals surface area contributed by atoms with E-state index in [-0.39, 0.29) is 17.0 Å². The summed E-state index contributed by atoms with van der Waals surface area (Å²) in [5.74, 6) is 0.282. The molecule has 0 radical (unpaired) electrons. The van der Waals surface area contributed by atoms with Crippen molar-refractivity contribution in [3.63, 3.8) is 0 Å². The van der Waals surface area contributed by atoms with Crippen LogP contribution in [0.5, 0.6) is 0 Å². The number of hydrogen-bond acceptors (Lipinski definition) is 3. The van der Waals surface area contributed by atoms with E-state index in [1.165, 1.54) is 0 Å². The lowest BCUT2D eigenvalue weighted by molar-refractivity contribution is 0.535. The van der Waals surface area contributed by atoms with Gasteiger partial charge in [0.05, 0.1) is 11.0 Å². The van der Waals surface area contributed by atoms with Crippen molar-refractivity contribution >= 4 is 9.84 Å². The third-order valence-electron chi connectivity index (χ3n) is 3.44. The fourth-order valence-corrected chi connectivity index (χ4v) is 4.67. The third-order valence-corrected chi connectivity index (χ3v) is 5.78. The van der Waals surface area contributed by atoms with Crippen LogP contribution in [0.15, 0.2) is 24.3 Å². The standard InChI is InChI=1S/C13H19NO2S/c1-3-8-17(15,16)12-9-10-6-4-5-7-11(10)13(12)14-2/h4-7,12-14H,3,8-9H2,1-2H3. The van der Waals surface area contributed by atoms with Crippen molar-refractivity contribution in [1.82, 2.24) is 5.32 Å². The number of nitrogens with one attached hydrogen (secondary N) is 1. The van der Waals surface area contributed by atoms with Gasteiger partial charge in [-0.15, -0.1) is 0 Å². The Kier molecular flexibility index (Phi) is 3.54. The minimum absolute atomic E-state index is 0.0530. The van der Waals surface area contributed by atoms with Gasteiger partial charge in [-0.05, 0) is 31.0 Å². The molecule has 2 unspecified atom stereocenters. The largest absolute Gasteiger partial charge is 0.312 e. The number of rotatable bonds is 4. The zero-order valence-corrected chi connectivity index (χ0v) is 11.1. The quantitative estimate of drug-likeness (QED) is 0.888. The van der Waals surface area contributed by atoms with Crippen LogP contribution < -0.4 is 5.32 Å². The van der Waals surface area contributed by atoms with Gasteiger partial charge in [0.1, 0.15) is 0 Å². The maximum Gasteiger partial charge on any atom is 0.155 e. The van der Waals surface area contributed by atoms with Gasteiger partial charge < -0.3 is 5.32 Å². The van der Waals surface area contributed by atoms with Gasteiger partial charge in [0.25, 0.3) is 0 Å². The van der Waals surface area contributed by atoms with E-state index in [0.717, 1.165) is 11.1 Å². The molecular weight excluding hydrogens is 234 g/mol. The van der Waals surface area contributed by atoms with Crippen molar-refractivity contribution in [2.75, 3.05) is 12.8 Å². The van der Waals surface area contributed by atoms with E-state index in [0.29, 0.717) is 12.8 Å². The first-order valence-corrected chi connectivity index (χ1v) is 7.78. The molecule has 94 valence electrons. The Hall–Kier alpha value is -0.870. The van der Waals surface area contributed by atoms with Gasteiger partial charge in [-0.2, -0.15) is 0 Å². The summed E-state index contributed by atoms with van der Waals surface area (Å²) in [5.41, 5.74) is 2.30. The lowest BCUT2D eigenvalue weighted by Crippen LogP contribution is -2.34. The van der Waals surface area contributed by atoms with Crippen LogP contribution >= 0.6 is 0 Å². The van der Waals surface area contributed by atoms with Crippen LogP contribution in [0.3, 0.4) is 0 Å². The predicted octanol–water partition coefficient (Wildman–Crippen LogP) is 1.70. The smallest absolute Gasteiger partial charge is 0.155 e. The van der Waals surface area contributed by atoms with Gasteiger partial charge in [0.2, 0.25) is 0 Å². The molecule has 0 spiro atoms. The molecule has 0 amide bonds. The van der Waals surface area contributed by atoms with E-state index in [4.69, 9.17) is 0 Å². The highest BCUT2D eigenvalue weighted by Crippen LogP contribution is 2.35. The fourth-order valence-electron chi connectivity index (χ4n) is 2.67. The van der Waals surface area contributed by atoms with Gasteiger partial charge in [-0.25, -0.2) is 8.42 Å². The monoisotopic (exact) mass is 253 g/mol. The molecule has 0 fully saturated rings. The molecule has 1 N–H and O–H groups in total. The summed E-state index contributed by atoms with van der Waals surface area (Å²) in [7, 11) is -1.17. The van der Waals surface area contributed by atoms with Crippen LogP contribution in [0.4, 0.5) is 0 Å². The van der Waals surface area contributed by atoms with Crippen LogP contribution in [0.25, 0.3) is 0 Å². The first kappa shape index (κ1) is 12.6. The normalized spacial score (nSPS) is 23.6. The second kappa shape index (κ2) is 4.78. The molecule has 0 aliphatic heterocycles. The maximum atomic E-state index is 12.2. The van der Waals surface area contributed by atoms with E-state index in [1.807, 2.05) is 38.2 Å². The average Bonchev–Trinajstić information content (AvgIpc) is 2.68. The van der Waals surface area contributed by atoms with Crippen LogP contribution in [-0.4, -0.2) is 26.5 Å². The first-order valence-electron chi connectivity index (χ1n) is 6.06. The SMILES string of the molecule is CCCS(=O)(=O)C1Cc2ccccc2C1NC. The fraction of sp³-hybridized carbons (Fsp3) is 0.538. The number of fused-ring (bicyclic) bond motifs is 1. The predicted molar refractivity (Wildman–Crippen MR) is 69.8 cm³/mol. The van der Waals surface area contributed by atoms with Crippen molar-refractivity contribution in [2.24, 2.45) is 0 Å². The Balaban J connectivity index is 2.36. The molecule has 1 aliphatic carbocycles. The Morgan fingerprint density at radius 2 is 2.06 bits per heavy atom. The maximum absolute atomic E-state index is 12.2. The summed E-state index contributed by atoms with van der Waals surface area (Å²) >= 11 is 0. The second-order valence-electron chi connectivity index (χ2n) is 4.57. The van der Waals surface area contributed by atoms with Crippen molar-refractivity contribution in [1.29, 1.82) is 0 Å². The molecule has 1 aromatic carbocycles. The molecule has 0 bridgehead atoms. The van der Waals surface area contributed by atoms with Crippen molar-refractivity contribution < 1.29 is 8.42 Å². The Labute approximate surface area is 103 Å². The lowest BCUT2D eigenvalue weighted by Gasteiger charge is -2.19. The van der Waals surface area contributed by atoms with Gasteiger partial charge in [-0.3, -0.25) is 0 Å².